The number of hydrogen-bond donors (Lipinski definition) is 0. The van der Waals surface area contributed by atoms with Crippen molar-refractivity contribution in [1.82, 2.24) is 9.47 Å². The lowest BCUT2D eigenvalue weighted by Gasteiger charge is -2.21. The van der Waals surface area contributed by atoms with E-state index in [1.165, 1.54) is 25.9 Å². The molecule has 2 heterocycles. The summed E-state index contributed by atoms with van der Waals surface area (Å²) in [5.41, 5.74) is 1.78. The second kappa shape index (κ2) is 5.92. The van der Waals surface area contributed by atoms with E-state index in [0.717, 1.165) is 43.6 Å². The molecule has 1 aliphatic carbocycles. The highest BCUT2D eigenvalue weighted by Gasteiger charge is 2.20. The van der Waals surface area contributed by atoms with Crippen molar-refractivity contribution in [3.63, 3.8) is 0 Å². The summed E-state index contributed by atoms with van der Waals surface area (Å²) in [5.74, 6) is 0.194. The smallest absolute Gasteiger partial charge is 0.250 e. The Labute approximate surface area is 119 Å². The number of rotatable bonds is 4. The molecule has 1 saturated heterocycles. The summed E-state index contributed by atoms with van der Waals surface area (Å²) in [5, 5.41) is 0. The van der Waals surface area contributed by atoms with Crippen LogP contribution in [-0.2, 0) is 13.0 Å². The van der Waals surface area contributed by atoms with Crippen molar-refractivity contribution in [1.29, 1.82) is 0 Å². The van der Waals surface area contributed by atoms with Crippen LogP contribution in [0.4, 0.5) is 0 Å². The van der Waals surface area contributed by atoms with Gasteiger partial charge in [-0.3, -0.25) is 9.59 Å². The number of carbonyl (C=O) groups excluding carboxylic acids is 1. The largest absolute Gasteiger partial charge is 0.312 e. The molecule has 0 radical (unpaired) electrons. The van der Waals surface area contributed by atoms with Crippen molar-refractivity contribution in [3.8, 4) is 0 Å². The van der Waals surface area contributed by atoms with Crippen LogP contribution < -0.4 is 5.56 Å². The average molecular weight is 274 g/mol. The number of pyridine rings is 1. The SMILES string of the molecule is O=C1CCCc2c1ccc(=O)n2CCCN1CCCC1. The summed E-state index contributed by atoms with van der Waals surface area (Å²) in [6.07, 6.45) is 5.95. The fourth-order valence-electron chi connectivity index (χ4n) is 3.40. The number of aromatic nitrogens is 1. The topological polar surface area (TPSA) is 42.3 Å². The van der Waals surface area contributed by atoms with Gasteiger partial charge in [0.15, 0.2) is 5.78 Å². The number of likely N-dealkylation sites (tertiary alicyclic amines) is 1. The normalized spacial score (nSPS) is 19.3. The van der Waals surface area contributed by atoms with Gasteiger partial charge in [0, 0.05) is 30.3 Å². The highest BCUT2D eigenvalue weighted by atomic mass is 16.1. The Hall–Kier alpha value is -1.42. The standard InChI is InChI=1S/C16H22N2O2/c19-15-6-3-5-14-13(15)7-8-16(20)18(14)12-4-11-17-9-1-2-10-17/h7-8H,1-6,9-12H2. The van der Waals surface area contributed by atoms with Gasteiger partial charge in [-0.1, -0.05) is 0 Å². The number of Topliss-reactive ketones (excluding diaryl/α,β-unsaturated/α-hetero) is 1. The second-order valence-corrected chi connectivity index (χ2v) is 5.86. The molecule has 0 saturated carbocycles. The summed E-state index contributed by atoms with van der Waals surface area (Å²) in [7, 11) is 0. The van der Waals surface area contributed by atoms with Crippen molar-refractivity contribution < 1.29 is 4.79 Å². The number of nitrogens with zero attached hydrogens (tertiary/aromatic N) is 2. The first-order chi connectivity index (χ1) is 9.75. The molecule has 1 aromatic heterocycles. The highest BCUT2D eigenvalue weighted by molar-refractivity contribution is 5.97. The average Bonchev–Trinajstić information content (AvgIpc) is 2.95. The van der Waals surface area contributed by atoms with E-state index in [2.05, 4.69) is 4.90 Å². The minimum atomic E-state index is 0.0415. The van der Waals surface area contributed by atoms with Crippen LogP contribution in [-0.4, -0.2) is 34.9 Å². The number of ketones is 1. The minimum absolute atomic E-state index is 0.0415. The van der Waals surface area contributed by atoms with E-state index in [1.54, 1.807) is 12.1 Å². The van der Waals surface area contributed by atoms with Gasteiger partial charge >= 0.3 is 0 Å². The molecule has 0 N–H and O–H groups in total. The van der Waals surface area contributed by atoms with Crippen molar-refractivity contribution in [2.75, 3.05) is 19.6 Å². The molecule has 0 unspecified atom stereocenters. The summed E-state index contributed by atoms with van der Waals surface area (Å²) >= 11 is 0. The molecular formula is C16H22N2O2. The Morgan fingerprint density at radius 1 is 0.950 bits per heavy atom. The predicted octanol–water partition coefficient (Wildman–Crippen LogP) is 1.85. The zero-order valence-electron chi connectivity index (χ0n) is 11.9. The first kappa shape index (κ1) is 13.6. The molecule has 1 fully saturated rings. The van der Waals surface area contributed by atoms with E-state index in [-0.39, 0.29) is 11.3 Å². The summed E-state index contributed by atoms with van der Waals surface area (Å²) in [6.45, 7) is 4.19. The molecule has 0 atom stereocenters. The summed E-state index contributed by atoms with van der Waals surface area (Å²) in [6, 6.07) is 3.27. The van der Waals surface area contributed by atoms with E-state index in [4.69, 9.17) is 0 Å². The quantitative estimate of drug-likeness (QED) is 0.841. The van der Waals surface area contributed by atoms with Crippen molar-refractivity contribution >= 4 is 5.78 Å². The minimum Gasteiger partial charge on any atom is -0.312 e. The van der Waals surface area contributed by atoms with Crippen LogP contribution in [0.15, 0.2) is 16.9 Å². The molecule has 0 amide bonds. The first-order valence-electron chi connectivity index (χ1n) is 7.74. The highest BCUT2D eigenvalue weighted by Crippen LogP contribution is 2.20. The molecule has 1 aliphatic heterocycles. The maximum absolute atomic E-state index is 12.1. The third-order valence-electron chi connectivity index (χ3n) is 4.47. The van der Waals surface area contributed by atoms with E-state index in [0.29, 0.717) is 6.42 Å². The number of carbonyl (C=O) groups is 1. The summed E-state index contributed by atoms with van der Waals surface area (Å²) in [4.78, 5) is 26.4. The Bertz CT molecular complexity index is 556. The first-order valence-corrected chi connectivity index (χ1v) is 7.74. The van der Waals surface area contributed by atoms with E-state index < -0.39 is 0 Å². The molecule has 1 aromatic rings. The molecule has 0 spiro atoms. The third-order valence-corrected chi connectivity index (χ3v) is 4.47. The van der Waals surface area contributed by atoms with Gasteiger partial charge < -0.3 is 9.47 Å². The van der Waals surface area contributed by atoms with Crippen LogP contribution in [0.1, 0.15) is 48.2 Å². The lowest BCUT2D eigenvalue weighted by molar-refractivity contribution is 0.0970. The van der Waals surface area contributed by atoms with Crippen molar-refractivity contribution in [3.05, 3.63) is 33.7 Å². The van der Waals surface area contributed by atoms with Crippen LogP contribution in [0, 0.1) is 0 Å². The van der Waals surface area contributed by atoms with E-state index in [9.17, 15) is 9.59 Å². The monoisotopic (exact) mass is 274 g/mol. The molecule has 2 aliphatic rings. The van der Waals surface area contributed by atoms with Gasteiger partial charge in [0.2, 0.25) is 0 Å². The Balaban J connectivity index is 1.73. The fourth-order valence-corrected chi connectivity index (χ4v) is 3.40. The van der Waals surface area contributed by atoms with Crippen LogP contribution in [0.5, 0.6) is 0 Å². The van der Waals surface area contributed by atoms with Crippen molar-refractivity contribution in [2.45, 2.75) is 45.1 Å². The van der Waals surface area contributed by atoms with Gasteiger partial charge in [-0.2, -0.15) is 0 Å². The Morgan fingerprint density at radius 2 is 1.75 bits per heavy atom. The van der Waals surface area contributed by atoms with Crippen molar-refractivity contribution in [2.24, 2.45) is 0 Å². The predicted molar refractivity (Wildman–Crippen MR) is 78.3 cm³/mol. The summed E-state index contributed by atoms with van der Waals surface area (Å²) < 4.78 is 1.84. The molecule has 4 heteroatoms. The van der Waals surface area contributed by atoms with Crippen LogP contribution in [0.25, 0.3) is 0 Å². The zero-order chi connectivity index (χ0) is 13.9. The van der Waals surface area contributed by atoms with Gasteiger partial charge in [0.05, 0.1) is 0 Å². The van der Waals surface area contributed by atoms with E-state index >= 15 is 0 Å². The van der Waals surface area contributed by atoms with Gasteiger partial charge in [0.1, 0.15) is 0 Å². The molecule has 108 valence electrons. The molecule has 0 bridgehead atoms. The molecule has 20 heavy (non-hydrogen) atoms. The molecular weight excluding hydrogens is 252 g/mol. The van der Waals surface area contributed by atoms with Crippen LogP contribution in [0.3, 0.4) is 0 Å². The van der Waals surface area contributed by atoms with Gasteiger partial charge in [-0.05, 0) is 57.8 Å². The molecule has 0 aromatic carbocycles. The number of hydrogen-bond acceptors (Lipinski definition) is 3. The van der Waals surface area contributed by atoms with Gasteiger partial charge in [-0.15, -0.1) is 0 Å². The number of fused-ring (bicyclic) bond motifs is 1. The molecule has 4 nitrogen and oxygen atoms in total. The van der Waals surface area contributed by atoms with Gasteiger partial charge in [0.25, 0.3) is 5.56 Å². The van der Waals surface area contributed by atoms with Crippen LogP contribution in [0.2, 0.25) is 0 Å². The lowest BCUT2D eigenvalue weighted by atomic mass is 9.94. The zero-order valence-corrected chi connectivity index (χ0v) is 11.9. The fraction of sp³-hybridized carbons (Fsp3) is 0.625. The third kappa shape index (κ3) is 2.70. The Kier molecular flexibility index (Phi) is 4.01. The molecule has 3 rings (SSSR count). The Morgan fingerprint density at radius 3 is 2.55 bits per heavy atom. The maximum Gasteiger partial charge on any atom is 0.250 e. The lowest BCUT2D eigenvalue weighted by Crippen LogP contribution is -2.29. The second-order valence-electron chi connectivity index (χ2n) is 5.86. The van der Waals surface area contributed by atoms with Gasteiger partial charge in [-0.25, -0.2) is 0 Å². The van der Waals surface area contributed by atoms with Crippen LogP contribution >= 0.6 is 0 Å². The van der Waals surface area contributed by atoms with E-state index in [1.807, 2.05) is 4.57 Å². The maximum atomic E-state index is 12.1.